The van der Waals surface area contributed by atoms with Gasteiger partial charge in [-0.05, 0) is 41.4 Å². The Morgan fingerprint density at radius 3 is 2.33 bits per heavy atom. The SMILES string of the molecule is COCCNC(=O)C(c1ccc(OC)cc1)N(C(=O)c1snc(C(N)=O)c1N)c1ccccc1OC. The Morgan fingerprint density at radius 2 is 1.75 bits per heavy atom. The summed E-state index contributed by atoms with van der Waals surface area (Å²) in [5, 5.41) is 2.80. The van der Waals surface area contributed by atoms with E-state index in [1.807, 2.05) is 0 Å². The van der Waals surface area contributed by atoms with Crippen LogP contribution in [0.5, 0.6) is 11.5 Å². The number of primary amides is 1. The molecule has 1 heterocycles. The third-order valence-corrected chi connectivity index (χ3v) is 6.11. The van der Waals surface area contributed by atoms with Crippen LogP contribution in [-0.2, 0) is 9.53 Å². The number of hydrogen-bond donors (Lipinski definition) is 3. The molecule has 0 radical (unpaired) electrons. The molecule has 3 rings (SSSR count). The fraction of sp³-hybridized carbons (Fsp3) is 0.250. The molecule has 0 bridgehead atoms. The van der Waals surface area contributed by atoms with Crippen molar-refractivity contribution in [2.75, 3.05) is 45.1 Å². The molecule has 1 unspecified atom stereocenters. The fourth-order valence-corrected chi connectivity index (χ4v) is 4.25. The number of nitrogens with two attached hydrogens (primary N) is 2. The Hall–Kier alpha value is -4.16. The predicted octanol–water partition coefficient (Wildman–Crippen LogP) is 1.99. The van der Waals surface area contributed by atoms with Gasteiger partial charge in [0.1, 0.15) is 22.4 Å². The second-order valence-corrected chi connectivity index (χ2v) is 8.22. The van der Waals surface area contributed by atoms with Crippen LogP contribution in [-0.4, -0.2) is 56.6 Å². The van der Waals surface area contributed by atoms with E-state index in [4.69, 9.17) is 25.7 Å². The predicted molar refractivity (Wildman–Crippen MR) is 135 cm³/mol. The largest absolute Gasteiger partial charge is 0.497 e. The third kappa shape index (κ3) is 5.56. The maximum absolute atomic E-state index is 14.0. The van der Waals surface area contributed by atoms with Gasteiger partial charge in [-0.1, -0.05) is 24.3 Å². The molecule has 0 aliphatic rings. The smallest absolute Gasteiger partial charge is 0.273 e. The molecule has 0 fully saturated rings. The number of para-hydroxylation sites is 2. The van der Waals surface area contributed by atoms with Crippen LogP contribution in [0.1, 0.15) is 31.8 Å². The molecule has 36 heavy (non-hydrogen) atoms. The van der Waals surface area contributed by atoms with Crippen LogP contribution in [0.15, 0.2) is 48.5 Å². The molecular formula is C24H27N5O6S. The molecule has 0 saturated carbocycles. The summed E-state index contributed by atoms with van der Waals surface area (Å²) in [6.45, 7) is 0.484. The minimum Gasteiger partial charge on any atom is -0.497 e. The Morgan fingerprint density at radius 1 is 1.06 bits per heavy atom. The number of nitrogen functional groups attached to an aromatic ring is 1. The van der Waals surface area contributed by atoms with E-state index < -0.39 is 23.8 Å². The van der Waals surface area contributed by atoms with Crippen molar-refractivity contribution < 1.29 is 28.6 Å². The maximum atomic E-state index is 14.0. The number of amides is 3. The summed E-state index contributed by atoms with van der Waals surface area (Å²) in [5.41, 5.74) is 11.8. The van der Waals surface area contributed by atoms with Gasteiger partial charge in [-0.2, -0.15) is 4.37 Å². The van der Waals surface area contributed by atoms with E-state index in [0.29, 0.717) is 22.7 Å². The zero-order chi connectivity index (χ0) is 26.2. The van der Waals surface area contributed by atoms with Gasteiger partial charge in [0.25, 0.3) is 11.8 Å². The van der Waals surface area contributed by atoms with Crippen LogP contribution < -0.4 is 31.2 Å². The lowest BCUT2D eigenvalue weighted by Crippen LogP contribution is -2.45. The van der Waals surface area contributed by atoms with E-state index in [1.165, 1.54) is 26.2 Å². The number of ether oxygens (including phenoxy) is 3. The molecule has 0 spiro atoms. The van der Waals surface area contributed by atoms with Crippen molar-refractivity contribution in [3.63, 3.8) is 0 Å². The summed E-state index contributed by atoms with van der Waals surface area (Å²) >= 11 is 0.721. The van der Waals surface area contributed by atoms with Crippen molar-refractivity contribution in [1.82, 2.24) is 9.69 Å². The van der Waals surface area contributed by atoms with Gasteiger partial charge < -0.3 is 31.0 Å². The molecule has 11 nitrogen and oxygen atoms in total. The van der Waals surface area contributed by atoms with Crippen molar-refractivity contribution in [2.45, 2.75) is 6.04 Å². The number of nitrogens with zero attached hydrogens (tertiary/aromatic N) is 2. The van der Waals surface area contributed by atoms with Gasteiger partial charge in [-0.25, -0.2) is 0 Å². The van der Waals surface area contributed by atoms with Crippen LogP contribution in [0.4, 0.5) is 11.4 Å². The quantitative estimate of drug-likeness (QED) is 0.328. The standard InChI is InChI=1S/C24H27N5O6S/c1-33-13-12-27-23(31)20(14-8-10-15(34-2)11-9-14)29(16-6-4-5-7-17(16)35-3)24(32)21-18(25)19(22(26)30)28-36-21/h4-11,20H,12-13,25H2,1-3H3,(H2,26,30)(H,27,31). The molecule has 0 aliphatic carbocycles. The highest BCUT2D eigenvalue weighted by Gasteiger charge is 2.37. The Kier molecular flexibility index (Phi) is 8.81. The molecule has 1 aromatic heterocycles. The number of anilines is 2. The number of benzene rings is 2. The van der Waals surface area contributed by atoms with Crippen LogP contribution in [0.2, 0.25) is 0 Å². The Balaban J connectivity index is 2.22. The molecule has 190 valence electrons. The number of nitrogens with one attached hydrogen (secondary N) is 1. The molecule has 1 atom stereocenters. The summed E-state index contributed by atoms with van der Waals surface area (Å²) in [4.78, 5) is 40.5. The maximum Gasteiger partial charge on any atom is 0.273 e. The highest BCUT2D eigenvalue weighted by atomic mass is 32.1. The molecule has 12 heteroatoms. The third-order valence-electron chi connectivity index (χ3n) is 5.26. The molecule has 0 saturated heterocycles. The highest BCUT2D eigenvalue weighted by molar-refractivity contribution is 7.09. The molecule has 5 N–H and O–H groups in total. The van der Waals surface area contributed by atoms with E-state index in [9.17, 15) is 14.4 Å². The van der Waals surface area contributed by atoms with Crippen molar-refractivity contribution in [1.29, 1.82) is 0 Å². The van der Waals surface area contributed by atoms with Crippen molar-refractivity contribution >= 4 is 40.6 Å². The van der Waals surface area contributed by atoms with E-state index in [1.54, 1.807) is 48.5 Å². The van der Waals surface area contributed by atoms with Gasteiger partial charge in [0.15, 0.2) is 5.69 Å². The van der Waals surface area contributed by atoms with Gasteiger partial charge in [0.05, 0.1) is 32.2 Å². The van der Waals surface area contributed by atoms with Crippen LogP contribution in [0.3, 0.4) is 0 Å². The molecular weight excluding hydrogens is 486 g/mol. The first kappa shape index (κ1) is 26.4. The summed E-state index contributed by atoms with van der Waals surface area (Å²) < 4.78 is 19.7. The van der Waals surface area contributed by atoms with Crippen molar-refractivity contribution in [2.24, 2.45) is 5.73 Å². The van der Waals surface area contributed by atoms with Gasteiger partial charge in [0, 0.05) is 13.7 Å². The summed E-state index contributed by atoms with van der Waals surface area (Å²) in [5.74, 6) is -1.09. The zero-order valence-corrected chi connectivity index (χ0v) is 20.8. The Labute approximate surface area is 212 Å². The minimum absolute atomic E-state index is 0.0436. The monoisotopic (exact) mass is 513 g/mol. The number of rotatable bonds is 11. The lowest BCUT2D eigenvalue weighted by atomic mass is 10.0. The first-order valence-corrected chi connectivity index (χ1v) is 11.5. The van der Waals surface area contributed by atoms with Gasteiger partial charge >= 0.3 is 0 Å². The van der Waals surface area contributed by atoms with Crippen molar-refractivity contribution in [3.05, 3.63) is 64.7 Å². The average molecular weight is 514 g/mol. The minimum atomic E-state index is -1.16. The lowest BCUT2D eigenvalue weighted by Gasteiger charge is -2.32. The topological polar surface area (TPSA) is 159 Å². The summed E-state index contributed by atoms with van der Waals surface area (Å²) in [6.07, 6.45) is 0. The van der Waals surface area contributed by atoms with Crippen LogP contribution in [0, 0.1) is 0 Å². The number of hydrogen-bond acceptors (Lipinski definition) is 9. The number of methoxy groups -OCH3 is 3. The molecule has 0 aliphatic heterocycles. The number of carbonyl (C=O) groups excluding carboxylic acids is 3. The van der Waals surface area contributed by atoms with Crippen molar-refractivity contribution in [3.8, 4) is 11.5 Å². The lowest BCUT2D eigenvalue weighted by molar-refractivity contribution is -0.122. The normalized spacial score (nSPS) is 11.4. The number of aromatic nitrogens is 1. The summed E-state index contributed by atoms with van der Waals surface area (Å²) in [6, 6.07) is 12.3. The molecule has 3 amide bonds. The average Bonchev–Trinajstić information content (AvgIpc) is 3.28. The first-order valence-electron chi connectivity index (χ1n) is 10.8. The van der Waals surface area contributed by atoms with E-state index in [-0.39, 0.29) is 29.4 Å². The highest BCUT2D eigenvalue weighted by Crippen LogP contribution is 2.38. The van der Waals surface area contributed by atoms with Gasteiger partial charge in [-0.3, -0.25) is 19.3 Å². The van der Waals surface area contributed by atoms with Gasteiger partial charge in [0.2, 0.25) is 5.91 Å². The van der Waals surface area contributed by atoms with E-state index in [2.05, 4.69) is 9.69 Å². The van der Waals surface area contributed by atoms with Crippen LogP contribution in [0.25, 0.3) is 0 Å². The summed E-state index contributed by atoms with van der Waals surface area (Å²) in [7, 11) is 4.49. The molecule has 3 aromatic rings. The van der Waals surface area contributed by atoms with Crippen LogP contribution >= 0.6 is 11.5 Å². The fourth-order valence-electron chi connectivity index (χ4n) is 3.51. The second kappa shape index (κ2) is 12.0. The zero-order valence-electron chi connectivity index (χ0n) is 20.0. The molecule has 2 aromatic carbocycles. The first-order chi connectivity index (χ1) is 17.3. The second-order valence-electron chi connectivity index (χ2n) is 7.44. The van der Waals surface area contributed by atoms with Gasteiger partial charge in [-0.15, -0.1) is 0 Å². The van der Waals surface area contributed by atoms with E-state index >= 15 is 0 Å². The van der Waals surface area contributed by atoms with E-state index in [0.717, 1.165) is 11.5 Å². The Bertz CT molecular complexity index is 1230. The number of carbonyl (C=O) groups is 3.